The molecule has 0 spiro atoms. The summed E-state index contributed by atoms with van der Waals surface area (Å²) in [4.78, 5) is 23.4. The lowest BCUT2D eigenvalue weighted by molar-refractivity contribution is -0.144. The van der Waals surface area contributed by atoms with Crippen LogP contribution in [0.25, 0.3) is 0 Å². The summed E-state index contributed by atoms with van der Waals surface area (Å²) in [5, 5.41) is 0. The van der Waals surface area contributed by atoms with Gasteiger partial charge >= 0.3 is 11.9 Å². The zero-order valence-corrected chi connectivity index (χ0v) is 10.9. The Kier molecular flexibility index (Phi) is 4.95. The summed E-state index contributed by atoms with van der Waals surface area (Å²) < 4.78 is 15.2. The second-order valence-electron chi connectivity index (χ2n) is 3.91. The predicted molar refractivity (Wildman–Crippen MR) is 64.6 cm³/mol. The van der Waals surface area contributed by atoms with E-state index in [-0.39, 0.29) is 30.6 Å². The van der Waals surface area contributed by atoms with Crippen molar-refractivity contribution in [1.29, 1.82) is 0 Å². The molecule has 1 unspecified atom stereocenters. The van der Waals surface area contributed by atoms with Crippen molar-refractivity contribution in [1.82, 2.24) is 0 Å². The first kappa shape index (κ1) is 14.3. The number of hydrogen-bond donors (Lipinski definition) is 0. The Balaban J connectivity index is 2.94. The minimum Gasteiger partial charge on any atom is -0.478 e. The van der Waals surface area contributed by atoms with Gasteiger partial charge in [-0.1, -0.05) is 6.58 Å². The van der Waals surface area contributed by atoms with Crippen molar-refractivity contribution in [3.8, 4) is 0 Å². The monoisotopic (exact) mass is 254 g/mol. The van der Waals surface area contributed by atoms with Gasteiger partial charge in [0.1, 0.15) is 6.10 Å². The van der Waals surface area contributed by atoms with E-state index >= 15 is 0 Å². The molecule has 0 bridgehead atoms. The van der Waals surface area contributed by atoms with Crippen LogP contribution in [-0.4, -0.2) is 31.3 Å². The quantitative estimate of drug-likeness (QED) is 0.552. The van der Waals surface area contributed by atoms with E-state index < -0.39 is 11.9 Å². The Morgan fingerprint density at radius 2 is 1.83 bits per heavy atom. The maximum Gasteiger partial charge on any atom is 0.374 e. The Morgan fingerprint density at radius 3 is 2.33 bits per heavy atom. The molecule has 1 aliphatic rings. The molecule has 5 nitrogen and oxygen atoms in total. The molecule has 0 aliphatic carbocycles. The van der Waals surface area contributed by atoms with Gasteiger partial charge in [-0.25, -0.2) is 9.59 Å². The van der Waals surface area contributed by atoms with Gasteiger partial charge < -0.3 is 14.2 Å². The standard InChI is InChI=1S/C13H18O5/c1-5-16-12(14)9-7-10(8(3)4)18-11(9)13(15)17-6-2/h10H,3,5-7H2,1-2,4H3. The van der Waals surface area contributed by atoms with E-state index in [1.54, 1.807) is 20.8 Å². The topological polar surface area (TPSA) is 61.8 Å². The normalized spacial score (nSPS) is 18.3. The van der Waals surface area contributed by atoms with Gasteiger partial charge in [0.25, 0.3) is 0 Å². The third-order valence-corrected chi connectivity index (χ3v) is 2.46. The van der Waals surface area contributed by atoms with Crippen LogP contribution in [0.3, 0.4) is 0 Å². The van der Waals surface area contributed by atoms with Crippen LogP contribution in [0.5, 0.6) is 0 Å². The molecular weight excluding hydrogens is 236 g/mol. The van der Waals surface area contributed by atoms with Crippen molar-refractivity contribution >= 4 is 11.9 Å². The fourth-order valence-corrected chi connectivity index (χ4v) is 1.57. The molecule has 0 saturated heterocycles. The number of carbonyl (C=O) groups excluding carboxylic acids is 2. The van der Waals surface area contributed by atoms with E-state index in [1.807, 2.05) is 0 Å². The molecule has 5 heteroatoms. The summed E-state index contributed by atoms with van der Waals surface area (Å²) >= 11 is 0. The lowest BCUT2D eigenvalue weighted by atomic mass is 10.1. The molecule has 0 radical (unpaired) electrons. The lowest BCUT2D eigenvalue weighted by Crippen LogP contribution is -2.14. The van der Waals surface area contributed by atoms with Crippen LogP contribution in [0.2, 0.25) is 0 Å². The highest BCUT2D eigenvalue weighted by Gasteiger charge is 2.35. The fraction of sp³-hybridized carbons (Fsp3) is 0.538. The SMILES string of the molecule is C=C(C)C1CC(C(=O)OCC)=C(C(=O)OCC)O1. The molecule has 1 heterocycles. The van der Waals surface area contributed by atoms with E-state index in [9.17, 15) is 9.59 Å². The van der Waals surface area contributed by atoms with Crippen molar-refractivity contribution in [2.45, 2.75) is 33.3 Å². The molecule has 100 valence electrons. The first-order chi connectivity index (χ1) is 8.51. The largest absolute Gasteiger partial charge is 0.478 e. The minimum atomic E-state index is -0.635. The molecule has 0 N–H and O–H groups in total. The summed E-state index contributed by atoms with van der Waals surface area (Å²) in [5.74, 6) is -1.23. The third kappa shape index (κ3) is 3.12. The Labute approximate surface area is 106 Å². The lowest BCUT2D eigenvalue weighted by Gasteiger charge is -2.11. The van der Waals surface area contributed by atoms with E-state index in [4.69, 9.17) is 14.2 Å². The van der Waals surface area contributed by atoms with Crippen LogP contribution in [-0.2, 0) is 23.8 Å². The average molecular weight is 254 g/mol. The smallest absolute Gasteiger partial charge is 0.374 e. The number of ether oxygens (including phenoxy) is 3. The van der Waals surface area contributed by atoms with E-state index in [1.165, 1.54) is 0 Å². The number of esters is 2. The van der Waals surface area contributed by atoms with E-state index in [2.05, 4.69) is 6.58 Å². The van der Waals surface area contributed by atoms with Crippen LogP contribution in [0.15, 0.2) is 23.5 Å². The first-order valence-corrected chi connectivity index (χ1v) is 5.90. The van der Waals surface area contributed by atoms with Gasteiger partial charge in [0, 0.05) is 6.42 Å². The van der Waals surface area contributed by atoms with Crippen LogP contribution >= 0.6 is 0 Å². The summed E-state index contributed by atoms with van der Waals surface area (Å²) in [6.07, 6.45) is -0.0775. The molecule has 0 aromatic rings. The van der Waals surface area contributed by atoms with Crippen molar-refractivity contribution in [3.63, 3.8) is 0 Å². The van der Waals surface area contributed by atoms with Crippen molar-refractivity contribution in [2.24, 2.45) is 0 Å². The molecule has 0 amide bonds. The van der Waals surface area contributed by atoms with E-state index in [0.717, 1.165) is 5.57 Å². The number of carbonyl (C=O) groups is 2. The maximum absolute atomic E-state index is 11.7. The highest BCUT2D eigenvalue weighted by atomic mass is 16.6. The van der Waals surface area contributed by atoms with Crippen LogP contribution in [0.4, 0.5) is 0 Å². The van der Waals surface area contributed by atoms with Crippen LogP contribution < -0.4 is 0 Å². The molecule has 1 atom stereocenters. The molecule has 1 aliphatic heterocycles. The van der Waals surface area contributed by atoms with Gasteiger partial charge in [-0.15, -0.1) is 0 Å². The number of rotatable bonds is 5. The highest BCUT2D eigenvalue weighted by Crippen LogP contribution is 2.30. The van der Waals surface area contributed by atoms with Gasteiger partial charge in [-0.2, -0.15) is 0 Å². The summed E-state index contributed by atoms with van der Waals surface area (Å²) in [5.41, 5.74) is 0.972. The molecular formula is C13H18O5. The van der Waals surface area contributed by atoms with Gasteiger partial charge in [0.15, 0.2) is 0 Å². The Hall–Kier alpha value is -1.78. The highest BCUT2D eigenvalue weighted by molar-refractivity contribution is 5.99. The summed E-state index contributed by atoms with van der Waals surface area (Å²) in [6, 6.07) is 0. The molecule has 0 saturated carbocycles. The van der Waals surface area contributed by atoms with Gasteiger partial charge in [-0.05, 0) is 26.3 Å². The number of hydrogen-bond acceptors (Lipinski definition) is 5. The van der Waals surface area contributed by atoms with Crippen LogP contribution in [0.1, 0.15) is 27.2 Å². The molecule has 0 fully saturated rings. The molecule has 1 rings (SSSR count). The Morgan fingerprint density at radius 1 is 1.28 bits per heavy atom. The average Bonchev–Trinajstić information content (AvgIpc) is 2.74. The zero-order chi connectivity index (χ0) is 13.7. The van der Waals surface area contributed by atoms with Gasteiger partial charge in [0.05, 0.1) is 18.8 Å². The second kappa shape index (κ2) is 6.23. The third-order valence-electron chi connectivity index (χ3n) is 2.46. The van der Waals surface area contributed by atoms with Crippen LogP contribution in [0, 0.1) is 0 Å². The first-order valence-electron chi connectivity index (χ1n) is 5.90. The maximum atomic E-state index is 11.7. The second-order valence-corrected chi connectivity index (χ2v) is 3.91. The molecule has 0 aromatic carbocycles. The minimum absolute atomic E-state index is 0.0525. The van der Waals surface area contributed by atoms with Crippen molar-refractivity contribution < 1.29 is 23.8 Å². The molecule has 0 aromatic heterocycles. The summed E-state index contributed by atoms with van der Waals surface area (Å²) in [6.45, 7) is 9.40. The molecule has 18 heavy (non-hydrogen) atoms. The predicted octanol–water partition coefficient (Wildman–Crippen LogP) is 1.73. The van der Waals surface area contributed by atoms with E-state index in [0.29, 0.717) is 6.42 Å². The Bertz CT molecular complexity index is 364. The van der Waals surface area contributed by atoms with Crippen molar-refractivity contribution in [2.75, 3.05) is 13.2 Å². The zero-order valence-electron chi connectivity index (χ0n) is 10.9. The van der Waals surface area contributed by atoms with Gasteiger partial charge in [0.2, 0.25) is 5.76 Å². The van der Waals surface area contributed by atoms with Crippen molar-refractivity contribution in [3.05, 3.63) is 23.5 Å². The van der Waals surface area contributed by atoms with Gasteiger partial charge in [-0.3, -0.25) is 0 Å². The summed E-state index contributed by atoms with van der Waals surface area (Å²) in [7, 11) is 0. The fourth-order valence-electron chi connectivity index (χ4n) is 1.57.